The van der Waals surface area contributed by atoms with Gasteiger partial charge in [0.25, 0.3) is 0 Å². The third kappa shape index (κ3) is 1.56. The lowest BCUT2D eigenvalue weighted by atomic mass is 9.57. The summed E-state index contributed by atoms with van der Waals surface area (Å²) in [5.74, 6) is -0.681. The maximum atomic E-state index is 11.8. The molecule has 0 radical (unpaired) electrons. The summed E-state index contributed by atoms with van der Waals surface area (Å²) >= 11 is 0. The minimum Gasteiger partial charge on any atom is -0.392 e. The van der Waals surface area contributed by atoms with E-state index >= 15 is 0 Å². The number of hydrogen-bond acceptors (Lipinski definition) is 5. The Balaban J connectivity index is 1.70. The predicted octanol–water partition coefficient (Wildman–Crippen LogP) is 0.990. The molecule has 1 heterocycles. The van der Waals surface area contributed by atoms with E-state index in [0.29, 0.717) is 12.8 Å². The number of rotatable bonds is 0. The molecule has 4 aliphatic carbocycles. The number of hydrogen-bond donors (Lipinski definition) is 4. The van der Waals surface area contributed by atoms with Crippen LogP contribution in [0.1, 0.15) is 46.5 Å². The Morgan fingerprint density at radius 1 is 1.12 bits per heavy atom. The Morgan fingerprint density at radius 3 is 2.48 bits per heavy atom. The van der Waals surface area contributed by atoms with Gasteiger partial charge < -0.3 is 25.2 Å². The van der Waals surface area contributed by atoms with Crippen molar-refractivity contribution in [2.24, 2.45) is 28.6 Å². The molecule has 1 aliphatic heterocycles. The monoisotopic (exact) mass is 350 g/mol. The molecule has 5 nitrogen and oxygen atoms in total. The molecule has 0 aromatic rings. The zero-order chi connectivity index (χ0) is 18.2. The van der Waals surface area contributed by atoms with Crippen LogP contribution >= 0.6 is 0 Å². The third-order valence-corrected chi connectivity index (χ3v) is 9.00. The van der Waals surface area contributed by atoms with Crippen LogP contribution in [0.4, 0.5) is 0 Å². The fourth-order valence-corrected chi connectivity index (χ4v) is 7.80. The van der Waals surface area contributed by atoms with Crippen LogP contribution in [0.5, 0.6) is 0 Å². The summed E-state index contributed by atoms with van der Waals surface area (Å²) in [7, 11) is 0. The molecule has 1 unspecified atom stereocenters. The SMILES string of the molecule is C=C1C[C@@]23C[C@@H](O)[C@@]4(O)C([C@@H]5O[C@@H]5C4(C)C)[C@](C)(O)[C@@H]2CC[C@@H]1[C@H]3O. The standard InChI is InChI=1S/C20H30O5/c1-9-7-19-8-12(21)20(24)14(13-16(25-13)17(20,2)3)18(4,23)11(19)6-5-10(9)15(19)22/h10-16,21-24H,1,5-8H2,2-4H3/t10-,11-,12+,13-,14?,15+,16-,18+,19+,20+/m0/s1. The maximum Gasteiger partial charge on any atom is 0.106 e. The number of ether oxygens (including phenoxy) is 1. The Hall–Kier alpha value is -0.460. The van der Waals surface area contributed by atoms with E-state index in [1.54, 1.807) is 6.92 Å². The number of aliphatic hydroxyl groups excluding tert-OH is 2. The first kappa shape index (κ1) is 16.7. The van der Waals surface area contributed by atoms with Crippen molar-refractivity contribution in [1.82, 2.24) is 0 Å². The number of fused-ring (bicyclic) bond motifs is 4. The highest BCUT2D eigenvalue weighted by Crippen LogP contribution is 2.72. The van der Waals surface area contributed by atoms with Crippen molar-refractivity contribution in [3.05, 3.63) is 12.2 Å². The van der Waals surface area contributed by atoms with E-state index in [1.165, 1.54) is 0 Å². The van der Waals surface area contributed by atoms with Crippen LogP contribution in [0.25, 0.3) is 0 Å². The highest BCUT2D eigenvalue weighted by Gasteiger charge is 2.82. The van der Waals surface area contributed by atoms with E-state index in [0.717, 1.165) is 18.4 Å². The van der Waals surface area contributed by atoms with Gasteiger partial charge in [-0.1, -0.05) is 26.0 Å². The van der Waals surface area contributed by atoms with Gasteiger partial charge >= 0.3 is 0 Å². The molecule has 0 aromatic heterocycles. The highest BCUT2D eigenvalue weighted by molar-refractivity contribution is 5.33. The molecule has 25 heavy (non-hydrogen) atoms. The van der Waals surface area contributed by atoms with E-state index in [9.17, 15) is 20.4 Å². The molecule has 0 aromatic carbocycles. The summed E-state index contributed by atoms with van der Waals surface area (Å²) in [5, 5.41) is 45.8. The first-order chi connectivity index (χ1) is 11.5. The Kier molecular flexibility index (Phi) is 2.89. The van der Waals surface area contributed by atoms with Crippen molar-refractivity contribution >= 4 is 0 Å². The first-order valence-electron chi connectivity index (χ1n) is 9.63. The first-order valence-corrected chi connectivity index (χ1v) is 9.63. The van der Waals surface area contributed by atoms with Gasteiger partial charge in [-0.15, -0.1) is 0 Å². The molecule has 1 saturated heterocycles. The van der Waals surface area contributed by atoms with E-state index in [2.05, 4.69) is 6.58 Å². The third-order valence-electron chi connectivity index (χ3n) is 9.00. The second-order valence-corrected chi connectivity index (χ2v) is 10.2. The summed E-state index contributed by atoms with van der Waals surface area (Å²) in [6.07, 6.45) is 0.556. The van der Waals surface area contributed by atoms with Gasteiger partial charge in [0.05, 0.1) is 30.0 Å². The minimum absolute atomic E-state index is 0.0461. The normalized spacial score (nSPS) is 64.3. The quantitative estimate of drug-likeness (QED) is 0.386. The molecule has 5 rings (SSSR count). The molecule has 10 atom stereocenters. The van der Waals surface area contributed by atoms with E-state index < -0.39 is 40.2 Å². The van der Waals surface area contributed by atoms with Crippen LogP contribution in [-0.4, -0.2) is 56.0 Å². The molecule has 5 aliphatic rings. The van der Waals surface area contributed by atoms with Crippen molar-refractivity contribution in [2.75, 3.05) is 0 Å². The van der Waals surface area contributed by atoms with Crippen LogP contribution < -0.4 is 0 Å². The Labute approximate surface area is 148 Å². The minimum atomic E-state index is -1.42. The lowest BCUT2D eigenvalue weighted by Crippen LogP contribution is -2.63. The van der Waals surface area contributed by atoms with Crippen LogP contribution in [0.2, 0.25) is 0 Å². The van der Waals surface area contributed by atoms with Crippen molar-refractivity contribution in [1.29, 1.82) is 0 Å². The summed E-state index contributed by atoms with van der Waals surface area (Å²) in [6.45, 7) is 9.81. The molecule has 2 bridgehead atoms. The lowest BCUT2D eigenvalue weighted by molar-refractivity contribution is -0.222. The molecular formula is C20H30O5. The van der Waals surface area contributed by atoms with Crippen LogP contribution in [0, 0.1) is 28.6 Å². The van der Waals surface area contributed by atoms with E-state index in [-0.39, 0.29) is 24.0 Å². The maximum absolute atomic E-state index is 11.8. The van der Waals surface area contributed by atoms with Gasteiger partial charge in [-0.3, -0.25) is 0 Å². The van der Waals surface area contributed by atoms with Crippen molar-refractivity contribution in [3.63, 3.8) is 0 Å². The zero-order valence-electron chi connectivity index (χ0n) is 15.3. The average Bonchev–Trinajstić information content (AvgIpc) is 3.22. The molecule has 5 heteroatoms. The Bertz CT molecular complexity index is 656. The Morgan fingerprint density at radius 2 is 1.80 bits per heavy atom. The summed E-state index contributed by atoms with van der Waals surface area (Å²) < 4.78 is 5.84. The fraction of sp³-hybridized carbons (Fsp3) is 0.900. The highest BCUT2D eigenvalue weighted by atomic mass is 16.6. The van der Waals surface area contributed by atoms with Crippen LogP contribution in [0.15, 0.2) is 12.2 Å². The van der Waals surface area contributed by atoms with Gasteiger partial charge in [-0.2, -0.15) is 0 Å². The molecule has 4 saturated carbocycles. The summed E-state index contributed by atoms with van der Waals surface area (Å²) in [6, 6.07) is 0. The smallest absolute Gasteiger partial charge is 0.106 e. The van der Waals surface area contributed by atoms with Gasteiger partial charge in [0.2, 0.25) is 0 Å². The molecule has 0 amide bonds. The van der Waals surface area contributed by atoms with Gasteiger partial charge in [0.1, 0.15) is 5.60 Å². The number of aliphatic hydroxyl groups is 4. The second-order valence-electron chi connectivity index (χ2n) is 10.2. The second kappa shape index (κ2) is 4.33. The lowest BCUT2D eigenvalue weighted by Gasteiger charge is -2.51. The van der Waals surface area contributed by atoms with Gasteiger partial charge in [-0.25, -0.2) is 0 Å². The van der Waals surface area contributed by atoms with Crippen LogP contribution in [0.3, 0.4) is 0 Å². The molecule has 1 spiro atoms. The van der Waals surface area contributed by atoms with Gasteiger partial charge in [0, 0.05) is 22.7 Å². The largest absolute Gasteiger partial charge is 0.392 e. The number of epoxide rings is 1. The topological polar surface area (TPSA) is 93.5 Å². The van der Waals surface area contributed by atoms with Crippen molar-refractivity contribution in [3.8, 4) is 0 Å². The molecular weight excluding hydrogens is 320 g/mol. The zero-order valence-corrected chi connectivity index (χ0v) is 15.3. The van der Waals surface area contributed by atoms with Gasteiger partial charge in [-0.05, 0) is 38.5 Å². The van der Waals surface area contributed by atoms with Crippen molar-refractivity contribution < 1.29 is 25.2 Å². The molecule has 4 N–H and O–H groups in total. The predicted molar refractivity (Wildman–Crippen MR) is 90.5 cm³/mol. The molecule has 140 valence electrons. The van der Waals surface area contributed by atoms with Crippen molar-refractivity contribution in [2.45, 2.75) is 82.1 Å². The molecule has 5 fully saturated rings. The average molecular weight is 350 g/mol. The van der Waals surface area contributed by atoms with Crippen LogP contribution in [-0.2, 0) is 4.74 Å². The van der Waals surface area contributed by atoms with Gasteiger partial charge in [0.15, 0.2) is 0 Å². The fourth-order valence-electron chi connectivity index (χ4n) is 7.80. The van der Waals surface area contributed by atoms with E-state index in [4.69, 9.17) is 4.74 Å². The summed E-state index contributed by atoms with van der Waals surface area (Å²) in [5.41, 5.74) is -2.86. The summed E-state index contributed by atoms with van der Waals surface area (Å²) in [4.78, 5) is 0. The van der Waals surface area contributed by atoms with E-state index in [1.807, 2.05) is 13.8 Å².